The third-order valence-electron chi connectivity index (χ3n) is 3.32. The molecule has 1 unspecified atom stereocenters. The first-order valence-electron chi connectivity index (χ1n) is 6.99. The summed E-state index contributed by atoms with van der Waals surface area (Å²) >= 11 is 0. The van der Waals surface area contributed by atoms with E-state index in [1.807, 2.05) is 33.8 Å². The van der Waals surface area contributed by atoms with Crippen molar-refractivity contribution in [2.45, 2.75) is 71.3 Å². The largest absolute Gasteiger partial charge is 0.444 e. The Kier molecular flexibility index (Phi) is 5.41. The van der Waals surface area contributed by atoms with E-state index in [4.69, 9.17) is 9.47 Å². The molecule has 0 aromatic rings. The Labute approximate surface area is 116 Å². The van der Waals surface area contributed by atoms with E-state index >= 15 is 0 Å². The topological polar surface area (TPSA) is 47.6 Å². The van der Waals surface area contributed by atoms with Gasteiger partial charge in [-0.2, -0.15) is 0 Å². The summed E-state index contributed by atoms with van der Waals surface area (Å²) in [6.07, 6.45) is 3.46. The van der Waals surface area contributed by atoms with Crippen LogP contribution in [-0.4, -0.2) is 29.9 Å². The highest BCUT2D eigenvalue weighted by atomic mass is 16.6. The van der Waals surface area contributed by atoms with E-state index in [9.17, 15) is 4.79 Å². The van der Waals surface area contributed by atoms with Crippen LogP contribution in [0.2, 0.25) is 0 Å². The predicted molar refractivity (Wildman–Crippen MR) is 76.1 cm³/mol. The number of hydrogen-bond acceptors (Lipinski definition) is 3. The van der Waals surface area contributed by atoms with Crippen LogP contribution in [0, 0.1) is 5.92 Å². The predicted octanol–water partition coefficient (Wildman–Crippen LogP) is 3.27. The van der Waals surface area contributed by atoms with Crippen molar-refractivity contribution in [2.75, 3.05) is 0 Å². The molecule has 4 nitrogen and oxygen atoms in total. The van der Waals surface area contributed by atoms with Crippen LogP contribution >= 0.6 is 0 Å². The maximum Gasteiger partial charge on any atom is 0.407 e. The van der Waals surface area contributed by atoms with E-state index in [0.29, 0.717) is 5.92 Å². The van der Waals surface area contributed by atoms with Crippen molar-refractivity contribution in [3.05, 3.63) is 12.7 Å². The molecule has 110 valence electrons. The van der Waals surface area contributed by atoms with E-state index in [1.165, 1.54) is 0 Å². The van der Waals surface area contributed by atoms with Crippen LogP contribution < -0.4 is 5.32 Å². The zero-order chi connectivity index (χ0) is 14.6. The Bertz CT molecular complexity index is 322. The van der Waals surface area contributed by atoms with Gasteiger partial charge in [0.15, 0.2) is 0 Å². The highest BCUT2D eigenvalue weighted by Crippen LogP contribution is 2.27. The van der Waals surface area contributed by atoms with Gasteiger partial charge < -0.3 is 14.8 Å². The van der Waals surface area contributed by atoms with Crippen LogP contribution in [0.1, 0.15) is 47.5 Å². The van der Waals surface area contributed by atoms with Crippen LogP contribution in [0.15, 0.2) is 12.7 Å². The SMILES string of the molecule is C=CC[C@@H]1O[C@H](C)C(NC(=O)OC(C)(C)C)C[C@@H]1C. The number of rotatable bonds is 3. The van der Waals surface area contributed by atoms with Crippen molar-refractivity contribution in [3.63, 3.8) is 0 Å². The average Bonchev–Trinajstić information content (AvgIpc) is 2.22. The molecule has 1 N–H and O–H groups in total. The second-order valence-electron chi connectivity index (χ2n) is 6.37. The van der Waals surface area contributed by atoms with Gasteiger partial charge in [-0.15, -0.1) is 6.58 Å². The molecule has 0 aromatic heterocycles. The molecule has 0 saturated carbocycles. The summed E-state index contributed by atoms with van der Waals surface area (Å²) in [6.45, 7) is 13.5. The maximum absolute atomic E-state index is 11.8. The first-order chi connectivity index (χ1) is 8.73. The maximum atomic E-state index is 11.8. The normalized spacial score (nSPS) is 31.6. The monoisotopic (exact) mass is 269 g/mol. The van der Waals surface area contributed by atoms with Gasteiger partial charge in [-0.05, 0) is 46.5 Å². The summed E-state index contributed by atoms with van der Waals surface area (Å²) in [5.74, 6) is 0.397. The Morgan fingerprint density at radius 1 is 1.47 bits per heavy atom. The summed E-state index contributed by atoms with van der Waals surface area (Å²) < 4.78 is 11.2. The minimum atomic E-state index is -0.472. The number of carbonyl (C=O) groups excluding carboxylic acids is 1. The van der Waals surface area contributed by atoms with Crippen LogP contribution in [0.25, 0.3) is 0 Å². The smallest absolute Gasteiger partial charge is 0.407 e. The molecule has 19 heavy (non-hydrogen) atoms. The van der Waals surface area contributed by atoms with Crippen molar-refractivity contribution in [1.29, 1.82) is 0 Å². The summed E-state index contributed by atoms with van der Waals surface area (Å²) in [6, 6.07) is 0.00548. The lowest BCUT2D eigenvalue weighted by Gasteiger charge is -2.39. The van der Waals surface area contributed by atoms with E-state index in [2.05, 4.69) is 18.8 Å². The Balaban J connectivity index is 2.52. The van der Waals surface area contributed by atoms with Crippen molar-refractivity contribution in [1.82, 2.24) is 5.32 Å². The van der Waals surface area contributed by atoms with E-state index in [1.54, 1.807) is 0 Å². The minimum absolute atomic E-state index is 0.00548. The quantitative estimate of drug-likeness (QED) is 0.800. The molecule has 1 aliphatic heterocycles. The first-order valence-corrected chi connectivity index (χ1v) is 6.99. The summed E-state index contributed by atoms with van der Waals surface area (Å²) in [5.41, 5.74) is -0.472. The Morgan fingerprint density at radius 3 is 2.63 bits per heavy atom. The number of hydrogen-bond donors (Lipinski definition) is 1. The highest BCUT2D eigenvalue weighted by molar-refractivity contribution is 5.68. The summed E-state index contributed by atoms with van der Waals surface area (Å²) in [7, 11) is 0. The number of nitrogens with one attached hydrogen (secondary N) is 1. The van der Waals surface area contributed by atoms with E-state index < -0.39 is 5.60 Å². The molecule has 0 aliphatic carbocycles. The molecular formula is C15H27NO3. The number of amides is 1. The lowest BCUT2D eigenvalue weighted by molar-refractivity contribution is -0.0861. The molecule has 1 saturated heterocycles. The van der Waals surface area contributed by atoms with Crippen molar-refractivity contribution in [3.8, 4) is 0 Å². The Morgan fingerprint density at radius 2 is 2.11 bits per heavy atom. The van der Waals surface area contributed by atoms with E-state index in [0.717, 1.165) is 12.8 Å². The minimum Gasteiger partial charge on any atom is -0.444 e. The van der Waals surface area contributed by atoms with Crippen LogP contribution in [-0.2, 0) is 9.47 Å². The molecule has 1 aliphatic rings. The summed E-state index contributed by atoms with van der Waals surface area (Å²) in [4.78, 5) is 11.8. The molecule has 4 atom stereocenters. The van der Waals surface area contributed by atoms with Crippen molar-refractivity contribution in [2.24, 2.45) is 5.92 Å². The second-order valence-corrected chi connectivity index (χ2v) is 6.37. The van der Waals surface area contributed by atoms with Gasteiger partial charge in [0.25, 0.3) is 0 Å². The third kappa shape index (κ3) is 5.23. The molecule has 1 heterocycles. The number of carbonyl (C=O) groups is 1. The van der Waals surface area contributed by atoms with Crippen LogP contribution in [0.4, 0.5) is 4.79 Å². The molecule has 1 rings (SSSR count). The highest BCUT2D eigenvalue weighted by Gasteiger charge is 2.34. The van der Waals surface area contributed by atoms with Gasteiger partial charge in [0, 0.05) is 0 Å². The lowest BCUT2D eigenvalue weighted by atomic mass is 9.88. The van der Waals surface area contributed by atoms with Gasteiger partial charge in [0.2, 0.25) is 0 Å². The molecular weight excluding hydrogens is 242 g/mol. The van der Waals surface area contributed by atoms with E-state index in [-0.39, 0.29) is 24.3 Å². The number of ether oxygens (including phenoxy) is 2. The van der Waals surface area contributed by atoms with Crippen molar-refractivity contribution < 1.29 is 14.3 Å². The molecule has 1 amide bonds. The molecule has 4 heteroatoms. The van der Waals surface area contributed by atoms with Gasteiger partial charge in [-0.3, -0.25) is 0 Å². The van der Waals surface area contributed by atoms with Gasteiger partial charge in [-0.1, -0.05) is 13.0 Å². The van der Waals surface area contributed by atoms with Gasteiger partial charge in [0.1, 0.15) is 5.60 Å². The third-order valence-corrected chi connectivity index (χ3v) is 3.32. The molecule has 1 fully saturated rings. The zero-order valence-electron chi connectivity index (χ0n) is 12.7. The summed E-state index contributed by atoms with van der Waals surface area (Å²) in [5, 5.41) is 2.91. The number of alkyl carbamates (subject to hydrolysis) is 1. The molecule has 0 aromatic carbocycles. The van der Waals surface area contributed by atoms with Gasteiger partial charge >= 0.3 is 6.09 Å². The molecule has 0 spiro atoms. The van der Waals surface area contributed by atoms with Crippen molar-refractivity contribution >= 4 is 6.09 Å². The zero-order valence-corrected chi connectivity index (χ0v) is 12.7. The fraction of sp³-hybridized carbons (Fsp3) is 0.800. The Hall–Kier alpha value is -1.03. The van der Waals surface area contributed by atoms with Gasteiger partial charge in [-0.25, -0.2) is 4.79 Å². The average molecular weight is 269 g/mol. The van der Waals surface area contributed by atoms with Crippen LogP contribution in [0.3, 0.4) is 0 Å². The standard InChI is InChI=1S/C15H27NO3/c1-7-8-13-10(2)9-12(11(3)18-13)16-14(17)19-15(4,5)6/h7,10-13H,1,8-9H2,2-6H3,(H,16,17)/t10-,11+,12?,13-/m0/s1. The fourth-order valence-electron chi connectivity index (χ4n) is 2.34. The van der Waals surface area contributed by atoms with Crippen LogP contribution in [0.5, 0.6) is 0 Å². The molecule has 0 radical (unpaired) electrons. The fourth-order valence-corrected chi connectivity index (χ4v) is 2.34. The second kappa shape index (κ2) is 6.42. The molecule has 0 bridgehead atoms. The van der Waals surface area contributed by atoms with Gasteiger partial charge in [0.05, 0.1) is 18.2 Å². The lowest BCUT2D eigenvalue weighted by Crippen LogP contribution is -2.51. The first kappa shape index (κ1) is 16.0.